The van der Waals surface area contributed by atoms with Crippen LogP contribution >= 0.6 is 27.5 Å². The molecule has 3 N–H and O–H groups in total. The highest BCUT2D eigenvalue weighted by Crippen LogP contribution is 2.27. The summed E-state index contributed by atoms with van der Waals surface area (Å²) in [6.45, 7) is 1.96. The molecule has 0 radical (unpaired) electrons. The van der Waals surface area contributed by atoms with Gasteiger partial charge in [0, 0.05) is 9.50 Å². The van der Waals surface area contributed by atoms with Gasteiger partial charge in [-0.25, -0.2) is 4.68 Å². The molecule has 2 aromatic carbocycles. The second kappa shape index (κ2) is 6.67. The lowest BCUT2D eigenvalue weighted by Gasteiger charge is -2.09. The van der Waals surface area contributed by atoms with Crippen molar-refractivity contribution in [3.8, 4) is 5.69 Å². The Morgan fingerprint density at radius 1 is 1.29 bits per heavy atom. The molecule has 0 atom stereocenters. The lowest BCUT2D eigenvalue weighted by molar-refractivity contribution is 0.102. The molecule has 1 amide bonds. The number of nitrogens with zero attached hydrogens (tertiary/aromatic N) is 2. The number of carbonyl (C=O) groups is 1. The van der Waals surface area contributed by atoms with Gasteiger partial charge in [0.15, 0.2) is 0 Å². The third-order valence-electron chi connectivity index (χ3n) is 3.57. The summed E-state index contributed by atoms with van der Waals surface area (Å²) in [4.78, 5) is 12.5. The van der Waals surface area contributed by atoms with Crippen LogP contribution in [0.25, 0.3) is 5.69 Å². The van der Waals surface area contributed by atoms with Crippen molar-refractivity contribution in [2.45, 2.75) is 6.92 Å². The number of hydrogen-bond acceptors (Lipinski definition) is 3. The van der Waals surface area contributed by atoms with Crippen LogP contribution in [0.5, 0.6) is 0 Å². The van der Waals surface area contributed by atoms with Crippen LogP contribution in [0.1, 0.15) is 15.9 Å². The van der Waals surface area contributed by atoms with E-state index in [2.05, 4.69) is 26.3 Å². The number of nitrogens with one attached hydrogen (secondary N) is 1. The number of rotatable bonds is 3. The van der Waals surface area contributed by atoms with Gasteiger partial charge in [-0.3, -0.25) is 4.79 Å². The van der Waals surface area contributed by atoms with E-state index >= 15 is 0 Å². The molecule has 1 heterocycles. The first-order valence-corrected chi connectivity index (χ1v) is 8.30. The van der Waals surface area contributed by atoms with Crippen molar-refractivity contribution in [3.63, 3.8) is 0 Å². The number of aryl methyl sites for hydroxylation is 1. The number of aromatic nitrogens is 2. The van der Waals surface area contributed by atoms with E-state index in [1.807, 2.05) is 31.2 Å². The van der Waals surface area contributed by atoms with E-state index < -0.39 is 0 Å². The first kappa shape index (κ1) is 16.5. The fourth-order valence-electron chi connectivity index (χ4n) is 2.31. The molecule has 0 saturated heterocycles. The summed E-state index contributed by atoms with van der Waals surface area (Å²) in [5, 5.41) is 7.62. The molecule has 7 heteroatoms. The molecular formula is C17H14BrClN4O. The van der Waals surface area contributed by atoms with E-state index in [9.17, 15) is 4.79 Å². The van der Waals surface area contributed by atoms with Crippen LogP contribution < -0.4 is 11.1 Å². The molecule has 0 bridgehead atoms. The Balaban J connectivity index is 1.91. The highest BCUT2D eigenvalue weighted by Gasteiger charge is 2.17. The Morgan fingerprint density at radius 2 is 2.04 bits per heavy atom. The van der Waals surface area contributed by atoms with Crippen LogP contribution in [0, 0.1) is 6.92 Å². The van der Waals surface area contributed by atoms with Crippen molar-refractivity contribution in [1.29, 1.82) is 0 Å². The van der Waals surface area contributed by atoms with E-state index in [1.165, 1.54) is 6.20 Å². The van der Waals surface area contributed by atoms with Crippen molar-refractivity contribution >= 4 is 44.9 Å². The molecule has 122 valence electrons. The first-order chi connectivity index (χ1) is 11.5. The van der Waals surface area contributed by atoms with E-state index in [0.29, 0.717) is 20.7 Å². The summed E-state index contributed by atoms with van der Waals surface area (Å²) >= 11 is 9.27. The summed E-state index contributed by atoms with van der Waals surface area (Å²) in [5.41, 5.74) is 8.89. The lowest BCUT2D eigenvalue weighted by Crippen LogP contribution is -2.14. The predicted molar refractivity (Wildman–Crippen MR) is 99.8 cm³/mol. The molecule has 0 fully saturated rings. The normalized spacial score (nSPS) is 10.6. The molecule has 1 aromatic heterocycles. The number of para-hydroxylation sites is 1. The Kier molecular flexibility index (Phi) is 4.59. The van der Waals surface area contributed by atoms with Crippen molar-refractivity contribution in [3.05, 3.63) is 69.3 Å². The van der Waals surface area contributed by atoms with Gasteiger partial charge in [-0.2, -0.15) is 5.10 Å². The van der Waals surface area contributed by atoms with Gasteiger partial charge in [0.1, 0.15) is 11.4 Å². The highest BCUT2D eigenvalue weighted by molar-refractivity contribution is 9.10. The molecule has 0 aliphatic rings. The van der Waals surface area contributed by atoms with Crippen LogP contribution in [0.3, 0.4) is 0 Å². The molecule has 0 aliphatic carbocycles. The Bertz CT molecular complexity index is 923. The van der Waals surface area contributed by atoms with Crippen molar-refractivity contribution in [2.75, 3.05) is 11.1 Å². The molecule has 3 aromatic rings. The highest BCUT2D eigenvalue weighted by atomic mass is 79.9. The lowest BCUT2D eigenvalue weighted by atomic mass is 10.2. The maximum absolute atomic E-state index is 12.5. The third kappa shape index (κ3) is 3.16. The SMILES string of the molecule is Cc1ccccc1-n1ncc(C(=O)Nc2ccc(Cl)cc2Br)c1N. The average molecular weight is 406 g/mol. The van der Waals surface area contributed by atoms with Crippen LogP contribution in [-0.4, -0.2) is 15.7 Å². The molecule has 24 heavy (non-hydrogen) atoms. The van der Waals surface area contributed by atoms with Crippen LogP contribution in [0.4, 0.5) is 11.5 Å². The van der Waals surface area contributed by atoms with Crippen molar-refractivity contribution in [1.82, 2.24) is 9.78 Å². The minimum Gasteiger partial charge on any atom is -0.383 e. The number of hydrogen-bond donors (Lipinski definition) is 2. The van der Waals surface area contributed by atoms with Gasteiger partial charge in [-0.1, -0.05) is 29.8 Å². The molecule has 5 nitrogen and oxygen atoms in total. The van der Waals surface area contributed by atoms with Gasteiger partial charge in [-0.05, 0) is 52.7 Å². The van der Waals surface area contributed by atoms with Crippen LogP contribution in [0.2, 0.25) is 5.02 Å². The summed E-state index contributed by atoms with van der Waals surface area (Å²) in [7, 11) is 0. The number of nitrogen functional groups attached to an aromatic ring is 1. The number of benzene rings is 2. The minimum atomic E-state index is -0.338. The third-order valence-corrected chi connectivity index (χ3v) is 4.47. The summed E-state index contributed by atoms with van der Waals surface area (Å²) in [6, 6.07) is 12.8. The summed E-state index contributed by atoms with van der Waals surface area (Å²) < 4.78 is 2.24. The summed E-state index contributed by atoms with van der Waals surface area (Å²) in [5.74, 6) is -0.0535. The zero-order valence-electron chi connectivity index (χ0n) is 12.8. The number of nitrogens with two attached hydrogens (primary N) is 1. The van der Waals surface area contributed by atoms with Gasteiger partial charge < -0.3 is 11.1 Å². The summed E-state index contributed by atoms with van der Waals surface area (Å²) in [6.07, 6.45) is 1.46. The molecule has 0 unspecified atom stereocenters. The Labute approximate surface area is 152 Å². The van der Waals surface area contributed by atoms with E-state index in [4.69, 9.17) is 17.3 Å². The van der Waals surface area contributed by atoms with Gasteiger partial charge in [0.05, 0.1) is 17.6 Å². The monoisotopic (exact) mass is 404 g/mol. The quantitative estimate of drug-likeness (QED) is 0.677. The van der Waals surface area contributed by atoms with E-state index in [-0.39, 0.29) is 11.7 Å². The number of carbonyl (C=O) groups excluding carboxylic acids is 1. The maximum atomic E-state index is 12.5. The van der Waals surface area contributed by atoms with Crippen LogP contribution in [-0.2, 0) is 0 Å². The molecule has 0 aliphatic heterocycles. The maximum Gasteiger partial charge on any atom is 0.261 e. The van der Waals surface area contributed by atoms with Gasteiger partial charge in [-0.15, -0.1) is 0 Å². The van der Waals surface area contributed by atoms with Gasteiger partial charge in [0.2, 0.25) is 0 Å². The largest absolute Gasteiger partial charge is 0.383 e. The molecular weight excluding hydrogens is 392 g/mol. The standard InChI is InChI=1S/C17H14BrClN4O/c1-10-4-2-3-5-15(10)23-16(20)12(9-21-23)17(24)22-14-7-6-11(19)8-13(14)18/h2-9H,20H2,1H3,(H,22,24). The van der Waals surface area contributed by atoms with Crippen LogP contribution in [0.15, 0.2) is 53.1 Å². The Hall–Kier alpha value is -2.31. The number of amides is 1. The second-order valence-corrected chi connectivity index (χ2v) is 6.51. The Morgan fingerprint density at radius 3 is 2.75 bits per heavy atom. The zero-order valence-corrected chi connectivity index (χ0v) is 15.1. The smallest absolute Gasteiger partial charge is 0.261 e. The molecule has 0 spiro atoms. The fourth-order valence-corrected chi connectivity index (χ4v) is 3.09. The van der Waals surface area contributed by atoms with Crippen molar-refractivity contribution in [2.24, 2.45) is 0 Å². The topological polar surface area (TPSA) is 72.9 Å². The zero-order chi connectivity index (χ0) is 17.3. The average Bonchev–Trinajstić information content (AvgIpc) is 2.92. The number of halogens is 2. The van der Waals surface area contributed by atoms with Crippen molar-refractivity contribution < 1.29 is 4.79 Å². The first-order valence-electron chi connectivity index (χ1n) is 7.13. The predicted octanol–water partition coefficient (Wildman–Crippen LogP) is 4.43. The minimum absolute atomic E-state index is 0.284. The van der Waals surface area contributed by atoms with E-state index in [1.54, 1.807) is 22.9 Å². The van der Waals surface area contributed by atoms with E-state index in [0.717, 1.165) is 11.3 Å². The molecule has 3 rings (SSSR count). The van der Waals surface area contributed by atoms with Gasteiger partial charge in [0.25, 0.3) is 5.91 Å². The number of anilines is 2. The molecule has 0 saturated carbocycles. The van der Waals surface area contributed by atoms with Gasteiger partial charge >= 0.3 is 0 Å². The second-order valence-electron chi connectivity index (χ2n) is 5.22. The fraction of sp³-hybridized carbons (Fsp3) is 0.0588.